The van der Waals surface area contributed by atoms with Crippen LogP contribution in [0.5, 0.6) is 0 Å². The van der Waals surface area contributed by atoms with Crippen LogP contribution in [0.1, 0.15) is 33.3 Å². The molecule has 3 heterocycles. The Morgan fingerprint density at radius 3 is 2.62 bits per heavy atom. The number of H-pyrrole nitrogens is 1. The van der Waals surface area contributed by atoms with Crippen LogP contribution in [0.25, 0.3) is 11.3 Å². The maximum atomic E-state index is 12.9. The molecule has 6 nitrogen and oxygen atoms in total. The first-order valence-electron chi connectivity index (χ1n) is 8.85. The van der Waals surface area contributed by atoms with Gasteiger partial charge in [0, 0.05) is 42.0 Å². The van der Waals surface area contributed by atoms with Crippen molar-refractivity contribution in [2.45, 2.75) is 26.7 Å². The monoisotopic (exact) mass is 347 g/mol. The van der Waals surface area contributed by atoms with E-state index in [1.165, 1.54) is 5.56 Å². The van der Waals surface area contributed by atoms with Gasteiger partial charge in [-0.3, -0.25) is 9.89 Å². The Bertz CT molecular complexity index is 928. The molecule has 1 aromatic carbocycles. The Balaban J connectivity index is 1.57. The van der Waals surface area contributed by atoms with Crippen LogP contribution in [-0.2, 0) is 12.8 Å². The van der Waals surface area contributed by atoms with Crippen LogP contribution in [0.4, 0.5) is 0 Å². The average molecular weight is 347 g/mol. The second-order valence-electron chi connectivity index (χ2n) is 6.63. The number of hydrogen-bond donors (Lipinski definition) is 1. The number of hydrogen-bond acceptors (Lipinski definition) is 4. The number of aromatic nitrogens is 4. The van der Waals surface area contributed by atoms with Crippen molar-refractivity contribution >= 4 is 5.91 Å². The molecule has 0 radical (unpaired) electrons. The van der Waals surface area contributed by atoms with Crippen molar-refractivity contribution < 1.29 is 4.79 Å². The molecule has 0 atom stereocenters. The summed E-state index contributed by atoms with van der Waals surface area (Å²) in [5, 5.41) is 7.68. The molecule has 6 heteroatoms. The predicted molar refractivity (Wildman–Crippen MR) is 98.8 cm³/mol. The van der Waals surface area contributed by atoms with E-state index in [0.717, 1.165) is 35.5 Å². The van der Waals surface area contributed by atoms with E-state index in [0.29, 0.717) is 24.6 Å². The number of aromatic amines is 1. The van der Waals surface area contributed by atoms with Crippen molar-refractivity contribution in [3.63, 3.8) is 0 Å². The largest absolute Gasteiger partial charge is 0.337 e. The van der Waals surface area contributed by atoms with E-state index in [1.807, 2.05) is 36.9 Å². The number of aryl methyl sites for hydroxylation is 2. The third kappa shape index (κ3) is 3.10. The normalized spacial score (nSPS) is 14.0. The Kier molecular flexibility index (Phi) is 4.24. The van der Waals surface area contributed by atoms with Crippen LogP contribution in [0.15, 0.2) is 36.4 Å². The molecule has 0 saturated carbocycles. The Labute approximate surface area is 152 Å². The first kappa shape index (κ1) is 16.4. The molecule has 0 fully saturated rings. The summed E-state index contributed by atoms with van der Waals surface area (Å²) < 4.78 is 0. The Morgan fingerprint density at radius 2 is 1.85 bits per heavy atom. The highest BCUT2D eigenvalue weighted by molar-refractivity contribution is 5.92. The van der Waals surface area contributed by atoms with E-state index in [-0.39, 0.29) is 5.91 Å². The van der Waals surface area contributed by atoms with Gasteiger partial charge in [0.25, 0.3) is 5.91 Å². The Hall–Kier alpha value is -3.02. The number of nitrogens with zero attached hydrogens (tertiary/aromatic N) is 4. The number of rotatable bonds is 2. The molecular weight excluding hydrogens is 326 g/mol. The van der Waals surface area contributed by atoms with Crippen molar-refractivity contribution in [3.8, 4) is 11.3 Å². The number of carbonyl (C=O) groups excluding carboxylic acids is 1. The third-order valence-corrected chi connectivity index (χ3v) is 4.74. The van der Waals surface area contributed by atoms with Gasteiger partial charge in [-0.2, -0.15) is 5.10 Å². The third-order valence-electron chi connectivity index (χ3n) is 4.74. The number of amides is 1. The lowest BCUT2D eigenvalue weighted by Gasteiger charge is -2.20. The minimum absolute atomic E-state index is 0.0297. The summed E-state index contributed by atoms with van der Waals surface area (Å²) in [5.74, 6) is 0.599. The lowest BCUT2D eigenvalue weighted by atomic mass is 10.0. The Morgan fingerprint density at radius 1 is 1.08 bits per heavy atom. The van der Waals surface area contributed by atoms with E-state index in [9.17, 15) is 4.79 Å². The van der Waals surface area contributed by atoms with Crippen LogP contribution in [0.2, 0.25) is 0 Å². The lowest BCUT2D eigenvalue weighted by molar-refractivity contribution is 0.0756. The molecule has 0 saturated heterocycles. The number of benzene rings is 1. The molecule has 1 aliphatic rings. The molecule has 1 amide bonds. The molecule has 0 unspecified atom stereocenters. The minimum atomic E-state index is -0.0297. The van der Waals surface area contributed by atoms with Gasteiger partial charge in [-0.05, 0) is 26.3 Å². The molecule has 0 spiro atoms. The van der Waals surface area contributed by atoms with Gasteiger partial charge in [0.2, 0.25) is 0 Å². The number of nitrogens with one attached hydrogen (secondary N) is 1. The lowest BCUT2D eigenvalue weighted by Crippen LogP contribution is -2.34. The van der Waals surface area contributed by atoms with E-state index < -0.39 is 0 Å². The fourth-order valence-corrected chi connectivity index (χ4v) is 3.51. The van der Waals surface area contributed by atoms with Crippen LogP contribution >= 0.6 is 0 Å². The molecule has 0 bridgehead atoms. The van der Waals surface area contributed by atoms with Gasteiger partial charge in [-0.1, -0.05) is 30.3 Å². The fraction of sp³-hybridized carbons (Fsp3) is 0.300. The van der Waals surface area contributed by atoms with Gasteiger partial charge in [-0.15, -0.1) is 0 Å². The summed E-state index contributed by atoms with van der Waals surface area (Å²) >= 11 is 0. The van der Waals surface area contributed by atoms with Gasteiger partial charge in [0.15, 0.2) is 0 Å². The molecule has 26 heavy (non-hydrogen) atoms. The molecule has 3 aromatic rings. The quantitative estimate of drug-likeness (QED) is 0.773. The summed E-state index contributed by atoms with van der Waals surface area (Å²) in [5.41, 5.74) is 5.71. The average Bonchev–Trinajstić information content (AvgIpc) is 2.93. The van der Waals surface area contributed by atoms with E-state index in [4.69, 9.17) is 0 Å². The second kappa shape index (κ2) is 6.71. The zero-order chi connectivity index (χ0) is 18.1. The smallest absolute Gasteiger partial charge is 0.272 e. The highest BCUT2D eigenvalue weighted by Gasteiger charge is 2.24. The van der Waals surface area contributed by atoms with Gasteiger partial charge in [0.1, 0.15) is 11.5 Å². The molecule has 0 aliphatic carbocycles. The van der Waals surface area contributed by atoms with Crippen LogP contribution < -0.4 is 0 Å². The molecule has 132 valence electrons. The van der Waals surface area contributed by atoms with Crippen molar-refractivity contribution in [1.82, 2.24) is 25.1 Å². The number of fused-ring (bicyclic) bond motifs is 1. The molecule has 2 aromatic heterocycles. The summed E-state index contributed by atoms with van der Waals surface area (Å²) in [7, 11) is 0. The van der Waals surface area contributed by atoms with Gasteiger partial charge < -0.3 is 4.90 Å². The van der Waals surface area contributed by atoms with Crippen molar-refractivity contribution in [3.05, 3.63) is 64.9 Å². The fourth-order valence-electron chi connectivity index (χ4n) is 3.51. The summed E-state index contributed by atoms with van der Waals surface area (Å²) in [4.78, 5) is 23.3. The van der Waals surface area contributed by atoms with E-state index in [1.54, 1.807) is 6.07 Å². The van der Waals surface area contributed by atoms with Crippen LogP contribution in [0.3, 0.4) is 0 Å². The highest BCUT2D eigenvalue weighted by atomic mass is 16.2. The maximum absolute atomic E-state index is 12.9. The zero-order valence-electron chi connectivity index (χ0n) is 15.0. The first-order valence-corrected chi connectivity index (χ1v) is 8.85. The highest BCUT2D eigenvalue weighted by Crippen LogP contribution is 2.26. The van der Waals surface area contributed by atoms with Crippen molar-refractivity contribution in [2.24, 2.45) is 0 Å². The van der Waals surface area contributed by atoms with Crippen LogP contribution in [-0.4, -0.2) is 44.1 Å². The maximum Gasteiger partial charge on any atom is 0.272 e. The molecule has 4 rings (SSSR count). The summed E-state index contributed by atoms with van der Waals surface area (Å²) in [6.45, 7) is 5.02. The second-order valence-corrected chi connectivity index (χ2v) is 6.63. The summed E-state index contributed by atoms with van der Waals surface area (Å²) in [6, 6.07) is 11.9. The summed E-state index contributed by atoms with van der Waals surface area (Å²) in [6.07, 6.45) is 1.55. The van der Waals surface area contributed by atoms with Crippen molar-refractivity contribution in [1.29, 1.82) is 0 Å². The molecule has 1 aliphatic heterocycles. The van der Waals surface area contributed by atoms with Gasteiger partial charge >= 0.3 is 0 Å². The van der Waals surface area contributed by atoms with E-state index in [2.05, 4.69) is 32.3 Å². The van der Waals surface area contributed by atoms with Gasteiger partial charge in [0.05, 0.1) is 5.69 Å². The standard InChI is InChI=1S/C20H21N5O/c1-13-12-18(22-14(2)21-13)20(26)25-10-8-16-17(9-11-25)23-24-19(16)15-6-4-3-5-7-15/h3-7,12H,8-11H2,1-2H3,(H,23,24). The zero-order valence-corrected chi connectivity index (χ0v) is 15.0. The minimum Gasteiger partial charge on any atom is -0.337 e. The SMILES string of the molecule is Cc1cc(C(=O)N2CCc3[nH]nc(-c4ccccc4)c3CC2)nc(C)n1. The predicted octanol–water partition coefficient (Wildman–Crippen LogP) is 2.72. The van der Waals surface area contributed by atoms with E-state index >= 15 is 0 Å². The van der Waals surface area contributed by atoms with Crippen molar-refractivity contribution in [2.75, 3.05) is 13.1 Å². The van der Waals surface area contributed by atoms with Gasteiger partial charge in [-0.25, -0.2) is 9.97 Å². The molecular formula is C20H21N5O. The first-order chi connectivity index (χ1) is 12.6. The van der Waals surface area contributed by atoms with Crippen LogP contribution in [0, 0.1) is 13.8 Å². The molecule has 1 N–H and O–H groups in total. The topological polar surface area (TPSA) is 74.8 Å². The number of carbonyl (C=O) groups is 1.